The van der Waals surface area contributed by atoms with Crippen LogP contribution in [0.5, 0.6) is 0 Å². The van der Waals surface area contributed by atoms with Crippen molar-refractivity contribution in [3.8, 4) is 11.6 Å². The van der Waals surface area contributed by atoms with Gasteiger partial charge in [0.25, 0.3) is 0 Å². The summed E-state index contributed by atoms with van der Waals surface area (Å²) in [6.45, 7) is 0.246. The maximum absolute atomic E-state index is 13.2. The van der Waals surface area contributed by atoms with Crippen molar-refractivity contribution >= 4 is 40.9 Å². The molecule has 3 aromatic rings. The number of aromatic nitrogens is 3. The summed E-state index contributed by atoms with van der Waals surface area (Å²) in [5, 5.41) is 11.1. The topological polar surface area (TPSA) is 116 Å². The standard InChI is InChI=1S/C17H15ClFN5O3S/c18-11-8-10(3-4-12(11)19)21-15(26)9-28-17-23-22-16(13-2-1-7-27-13)24(17)6-5-14(20)25/h1-4,7-8H,5-6,9H2,(H2,20,25)(H,21,26). The van der Waals surface area contributed by atoms with Crippen molar-refractivity contribution in [2.75, 3.05) is 11.1 Å². The van der Waals surface area contributed by atoms with Gasteiger partial charge in [-0.2, -0.15) is 0 Å². The number of nitrogens with two attached hydrogens (primary N) is 1. The molecule has 2 heterocycles. The van der Waals surface area contributed by atoms with E-state index in [9.17, 15) is 14.0 Å². The lowest BCUT2D eigenvalue weighted by atomic mass is 10.3. The Kier molecular flexibility index (Phi) is 6.32. The third-order valence-electron chi connectivity index (χ3n) is 3.58. The van der Waals surface area contributed by atoms with E-state index in [2.05, 4.69) is 15.5 Å². The zero-order valence-electron chi connectivity index (χ0n) is 14.4. The Morgan fingerprint density at radius 2 is 2.14 bits per heavy atom. The summed E-state index contributed by atoms with van der Waals surface area (Å²) >= 11 is 6.83. The molecule has 3 N–H and O–H groups in total. The predicted molar refractivity (Wildman–Crippen MR) is 102 cm³/mol. The first-order valence-corrected chi connectivity index (χ1v) is 9.43. The zero-order chi connectivity index (χ0) is 20.1. The molecule has 146 valence electrons. The van der Waals surface area contributed by atoms with E-state index >= 15 is 0 Å². The van der Waals surface area contributed by atoms with Crippen molar-refractivity contribution < 1.29 is 18.4 Å². The number of furan rings is 1. The SMILES string of the molecule is NC(=O)CCn1c(SCC(=O)Nc2ccc(F)c(Cl)c2)nnc1-c1ccco1. The Labute approximate surface area is 168 Å². The first-order chi connectivity index (χ1) is 13.4. The van der Waals surface area contributed by atoms with E-state index < -0.39 is 11.7 Å². The molecule has 0 aliphatic heterocycles. The molecule has 0 aliphatic rings. The number of hydrogen-bond donors (Lipinski definition) is 2. The lowest BCUT2D eigenvalue weighted by Gasteiger charge is -2.08. The minimum Gasteiger partial charge on any atom is -0.461 e. The van der Waals surface area contributed by atoms with E-state index in [4.69, 9.17) is 21.8 Å². The molecule has 0 fully saturated rings. The molecule has 0 radical (unpaired) electrons. The molecule has 0 bridgehead atoms. The molecule has 2 aromatic heterocycles. The van der Waals surface area contributed by atoms with Gasteiger partial charge in [-0.15, -0.1) is 10.2 Å². The second-order valence-electron chi connectivity index (χ2n) is 5.62. The number of halogens is 2. The quantitative estimate of drug-likeness (QED) is 0.538. The van der Waals surface area contributed by atoms with Crippen LogP contribution in [0.15, 0.2) is 46.2 Å². The molecule has 1 aromatic carbocycles. The van der Waals surface area contributed by atoms with Crippen LogP contribution in [0.4, 0.5) is 10.1 Å². The van der Waals surface area contributed by atoms with Gasteiger partial charge in [-0.05, 0) is 30.3 Å². The number of anilines is 1. The molecule has 0 atom stereocenters. The number of primary amides is 1. The van der Waals surface area contributed by atoms with Crippen LogP contribution in [0.1, 0.15) is 6.42 Å². The minimum absolute atomic E-state index is 0.0157. The molecule has 0 saturated heterocycles. The molecular formula is C17H15ClFN5O3S. The highest BCUT2D eigenvalue weighted by Crippen LogP contribution is 2.25. The number of thioether (sulfide) groups is 1. The second-order valence-corrected chi connectivity index (χ2v) is 6.97. The number of benzene rings is 1. The van der Waals surface area contributed by atoms with Crippen LogP contribution in [0.3, 0.4) is 0 Å². The summed E-state index contributed by atoms with van der Waals surface area (Å²) < 4.78 is 20.2. The Balaban J connectivity index is 1.69. The fourth-order valence-electron chi connectivity index (χ4n) is 2.31. The fraction of sp³-hybridized carbons (Fsp3) is 0.176. The van der Waals surface area contributed by atoms with Crippen LogP contribution in [0, 0.1) is 5.82 Å². The van der Waals surface area contributed by atoms with Crippen molar-refractivity contribution in [2.24, 2.45) is 5.73 Å². The van der Waals surface area contributed by atoms with Crippen molar-refractivity contribution in [2.45, 2.75) is 18.1 Å². The molecule has 0 unspecified atom stereocenters. The highest BCUT2D eigenvalue weighted by molar-refractivity contribution is 7.99. The predicted octanol–water partition coefficient (Wildman–Crippen LogP) is 2.94. The van der Waals surface area contributed by atoms with Gasteiger partial charge in [0.05, 0.1) is 17.0 Å². The average molecular weight is 424 g/mol. The molecule has 0 saturated carbocycles. The van der Waals surface area contributed by atoms with Crippen LogP contribution in [0.25, 0.3) is 11.6 Å². The van der Waals surface area contributed by atoms with Gasteiger partial charge in [0.2, 0.25) is 11.8 Å². The van der Waals surface area contributed by atoms with Crippen LogP contribution in [-0.2, 0) is 16.1 Å². The number of nitrogens with one attached hydrogen (secondary N) is 1. The number of amides is 2. The number of rotatable bonds is 8. The summed E-state index contributed by atoms with van der Waals surface area (Å²) in [6, 6.07) is 7.32. The lowest BCUT2D eigenvalue weighted by molar-refractivity contribution is -0.118. The molecule has 0 aliphatic carbocycles. The summed E-state index contributed by atoms with van der Waals surface area (Å²) in [7, 11) is 0. The molecule has 3 rings (SSSR count). The van der Waals surface area contributed by atoms with Crippen LogP contribution < -0.4 is 11.1 Å². The van der Waals surface area contributed by atoms with E-state index in [0.29, 0.717) is 22.4 Å². The lowest BCUT2D eigenvalue weighted by Crippen LogP contribution is -2.16. The normalized spacial score (nSPS) is 10.8. The summed E-state index contributed by atoms with van der Waals surface area (Å²) in [5.41, 5.74) is 5.61. The van der Waals surface area contributed by atoms with E-state index in [1.165, 1.54) is 24.5 Å². The van der Waals surface area contributed by atoms with Crippen molar-refractivity contribution in [3.63, 3.8) is 0 Å². The van der Waals surface area contributed by atoms with E-state index in [1.54, 1.807) is 16.7 Å². The maximum Gasteiger partial charge on any atom is 0.234 e. The first-order valence-electron chi connectivity index (χ1n) is 8.07. The van der Waals surface area contributed by atoms with Crippen LogP contribution in [-0.4, -0.2) is 32.3 Å². The zero-order valence-corrected chi connectivity index (χ0v) is 16.0. The molecule has 28 heavy (non-hydrogen) atoms. The molecule has 0 spiro atoms. The highest BCUT2D eigenvalue weighted by atomic mass is 35.5. The van der Waals surface area contributed by atoms with E-state index in [1.807, 2.05) is 0 Å². The van der Waals surface area contributed by atoms with Crippen LogP contribution >= 0.6 is 23.4 Å². The second kappa shape index (κ2) is 8.89. The minimum atomic E-state index is -0.568. The summed E-state index contributed by atoms with van der Waals surface area (Å²) in [4.78, 5) is 23.3. The van der Waals surface area contributed by atoms with Gasteiger partial charge in [-0.1, -0.05) is 23.4 Å². The molecule has 11 heteroatoms. The largest absolute Gasteiger partial charge is 0.461 e. The van der Waals surface area contributed by atoms with Gasteiger partial charge in [-0.3, -0.25) is 14.2 Å². The van der Waals surface area contributed by atoms with Crippen molar-refractivity contribution in [1.29, 1.82) is 0 Å². The number of carbonyl (C=O) groups is 2. The smallest absolute Gasteiger partial charge is 0.234 e. The fourth-order valence-corrected chi connectivity index (χ4v) is 3.25. The average Bonchev–Trinajstić information content (AvgIpc) is 3.30. The Morgan fingerprint density at radius 1 is 1.32 bits per heavy atom. The number of carbonyl (C=O) groups excluding carboxylic acids is 2. The summed E-state index contributed by atoms with van der Waals surface area (Å²) in [6.07, 6.45) is 1.58. The molecular weight excluding hydrogens is 409 g/mol. The van der Waals surface area contributed by atoms with E-state index in [0.717, 1.165) is 11.8 Å². The first kappa shape index (κ1) is 19.9. The summed E-state index contributed by atoms with van der Waals surface area (Å²) in [5.74, 6) is -0.449. The monoisotopic (exact) mass is 423 g/mol. The Bertz CT molecular complexity index is 993. The van der Waals surface area contributed by atoms with Gasteiger partial charge >= 0.3 is 0 Å². The van der Waals surface area contributed by atoms with Gasteiger partial charge in [0.15, 0.2) is 16.7 Å². The third kappa shape index (κ3) is 4.90. The maximum atomic E-state index is 13.2. The van der Waals surface area contributed by atoms with Gasteiger partial charge in [0, 0.05) is 18.7 Å². The third-order valence-corrected chi connectivity index (χ3v) is 4.83. The Hall–Kier alpha value is -2.85. The Morgan fingerprint density at radius 3 is 2.82 bits per heavy atom. The molecule has 8 nitrogen and oxygen atoms in total. The molecule has 2 amide bonds. The number of nitrogens with zero attached hydrogens (tertiary/aromatic N) is 3. The van der Waals surface area contributed by atoms with Gasteiger partial charge < -0.3 is 15.5 Å². The van der Waals surface area contributed by atoms with Crippen LogP contribution in [0.2, 0.25) is 5.02 Å². The number of hydrogen-bond acceptors (Lipinski definition) is 6. The van der Waals surface area contributed by atoms with Gasteiger partial charge in [0.1, 0.15) is 5.82 Å². The van der Waals surface area contributed by atoms with Crippen molar-refractivity contribution in [3.05, 3.63) is 47.4 Å². The van der Waals surface area contributed by atoms with Crippen molar-refractivity contribution in [1.82, 2.24) is 14.8 Å². The van der Waals surface area contributed by atoms with E-state index in [-0.39, 0.29) is 29.6 Å². The van der Waals surface area contributed by atoms with Gasteiger partial charge in [-0.25, -0.2) is 4.39 Å². The highest BCUT2D eigenvalue weighted by Gasteiger charge is 2.18.